The molecule has 1 N–H and O–H groups in total. The molecule has 2 heterocycles. The predicted molar refractivity (Wildman–Crippen MR) is 151 cm³/mol. The molecule has 0 saturated carbocycles. The number of ether oxygens (including phenoxy) is 1. The molecule has 2 aliphatic heterocycles. The van der Waals surface area contributed by atoms with Gasteiger partial charge in [-0.25, -0.2) is 0 Å². The third-order valence-corrected chi connectivity index (χ3v) is 7.62. The van der Waals surface area contributed by atoms with Gasteiger partial charge < -0.3 is 24.5 Å². The highest BCUT2D eigenvalue weighted by molar-refractivity contribution is 5.97. The quantitative estimate of drug-likeness (QED) is 0.416. The highest BCUT2D eigenvalue weighted by Crippen LogP contribution is 2.32. The molecule has 4 rings (SSSR count). The van der Waals surface area contributed by atoms with E-state index in [0.29, 0.717) is 38.2 Å². The zero-order valence-corrected chi connectivity index (χ0v) is 23.0. The van der Waals surface area contributed by atoms with Crippen LogP contribution in [0.2, 0.25) is 0 Å². The van der Waals surface area contributed by atoms with Gasteiger partial charge in [0.05, 0.1) is 12.7 Å². The summed E-state index contributed by atoms with van der Waals surface area (Å²) in [6, 6.07) is 15.8. The Morgan fingerprint density at radius 1 is 1.00 bits per heavy atom. The van der Waals surface area contributed by atoms with E-state index < -0.39 is 0 Å². The van der Waals surface area contributed by atoms with Crippen molar-refractivity contribution in [3.05, 3.63) is 59.7 Å². The first-order valence-electron chi connectivity index (χ1n) is 14.2. The molecule has 206 valence electrons. The number of piperidine rings is 1. The minimum atomic E-state index is -0.245. The van der Waals surface area contributed by atoms with Crippen LogP contribution in [-0.2, 0) is 11.2 Å². The van der Waals surface area contributed by atoms with Crippen LogP contribution in [0.25, 0.3) is 0 Å². The maximum Gasteiger partial charge on any atom is 0.253 e. The zero-order chi connectivity index (χ0) is 26.9. The average molecular weight is 522 g/mol. The van der Waals surface area contributed by atoms with Gasteiger partial charge in [-0.3, -0.25) is 9.59 Å². The van der Waals surface area contributed by atoms with Crippen LogP contribution in [0.15, 0.2) is 48.5 Å². The number of anilines is 1. The first-order valence-corrected chi connectivity index (χ1v) is 14.2. The number of rotatable bonds is 12. The van der Waals surface area contributed by atoms with Crippen LogP contribution < -0.4 is 9.64 Å². The van der Waals surface area contributed by atoms with Gasteiger partial charge in [-0.05, 0) is 82.1 Å². The lowest BCUT2D eigenvalue weighted by molar-refractivity contribution is -0.119. The van der Waals surface area contributed by atoms with Gasteiger partial charge in [0.25, 0.3) is 5.91 Å². The second kappa shape index (κ2) is 13.8. The Bertz CT molecular complexity index is 1050. The molecule has 2 amide bonds. The Hall–Kier alpha value is -2.90. The summed E-state index contributed by atoms with van der Waals surface area (Å²) >= 11 is 0. The van der Waals surface area contributed by atoms with Gasteiger partial charge in [0, 0.05) is 43.3 Å². The number of unbranched alkanes of at least 4 members (excludes halogenated alkanes) is 3. The van der Waals surface area contributed by atoms with Crippen LogP contribution in [-0.4, -0.2) is 79.2 Å². The molecule has 1 atom stereocenters. The molecule has 2 aromatic carbocycles. The van der Waals surface area contributed by atoms with Crippen molar-refractivity contribution in [2.75, 3.05) is 45.2 Å². The van der Waals surface area contributed by atoms with Crippen molar-refractivity contribution in [2.24, 2.45) is 0 Å². The fourth-order valence-electron chi connectivity index (χ4n) is 5.60. The van der Waals surface area contributed by atoms with E-state index in [-0.39, 0.29) is 24.0 Å². The molecule has 1 unspecified atom stereocenters. The van der Waals surface area contributed by atoms with E-state index in [1.54, 1.807) is 0 Å². The minimum absolute atomic E-state index is 0.0387. The van der Waals surface area contributed by atoms with Crippen molar-refractivity contribution in [3.63, 3.8) is 0 Å². The number of fused-ring (bicyclic) bond motifs is 1. The van der Waals surface area contributed by atoms with Crippen LogP contribution in [0, 0.1) is 0 Å². The standard InChI is InChI=1S/C31H43N3O4/c1-32(2)23-27(35)10-5-3-4-8-22-38-28-15-12-25(13-16-28)31(37)33-20-18-26(19-21-33)34-29-11-7-6-9-24(29)14-17-30(34)36/h6-7,9,11-13,15-16,26-27,35H,3-5,8,10,14,17-23H2,1-2H3. The first-order chi connectivity index (χ1) is 18.4. The smallest absolute Gasteiger partial charge is 0.253 e. The number of carbonyl (C=O) groups excluding carboxylic acids is 2. The van der Waals surface area contributed by atoms with Gasteiger partial charge in [-0.15, -0.1) is 0 Å². The Morgan fingerprint density at radius 2 is 1.71 bits per heavy atom. The van der Waals surface area contributed by atoms with Crippen molar-refractivity contribution in [2.45, 2.75) is 69.9 Å². The van der Waals surface area contributed by atoms with Crippen LogP contribution in [0.4, 0.5) is 5.69 Å². The van der Waals surface area contributed by atoms with E-state index in [1.807, 2.05) is 71.3 Å². The topological polar surface area (TPSA) is 73.3 Å². The van der Waals surface area contributed by atoms with Gasteiger partial charge in [-0.2, -0.15) is 0 Å². The molecule has 0 spiro atoms. The molecule has 1 saturated heterocycles. The molecular weight excluding hydrogens is 478 g/mol. The summed E-state index contributed by atoms with van der Waals surface area (Å²) in [7, 11) is 3.96. The predicted octanol–water partition coefficient (Wildman–Crippen LogP) is 4.52. The molecule has 2 aromatic rings. The number of para-hydroxylation sites is 1. The van der Waals surface area contributed by atoms with Crippen molar-refractivity contribution >= 4 is 17.5 Å². The fraction of sp³-hybridized carbons (Fsp3) is 0.548. The number of hydrogen-bond acceptors (Lipinski definition) is 5. The lowest BCUT2D eigenvalue weighted by Gasteiger charge is -2.41. The summed E-state index contributed by atoms with van der Waals surface area (Å²) in [6.07, 6.45) is 7.74. The van der Waals surface area contributed by atoms with Crippen molar-refractivity contribution in [1.82, 2.24) is 9.80 Å². The third-order valence-electron chi connectivity index (χ3n) is 7.62. The van der Waals surface area contributed by atoms with Crippen molar-refractivity contribution in [1.29, 1.82) is 0 Å². The zero-order valence-electron chi connectivity index (χ0n) is 23.0. The Labute approximate surface area is 227 Å². The molecule has 2 aliphatic rings. The third kappa shape index (κ3) is 7.58. The number of likely N-dealkylation sites (tertiary alicyclic amines) is 1. The minimum Gasteiger partial charge on any atom is -0.494 e. The second-order valence-electron chi connectivity index (χ2n) is 10.9. The fourth-order valence-corrected chi connectivity index (χ4v) is 5.60. The van der Waals surface area contributed by atoms with Gasteiger partial charge >= 0.3 is 0 Å². The van der Waals surface area contributed by atoms with Gasteiger partial charge in [0.2, 0.25) is 5.91 Å². The van der Waals surface area contributed by atoms with Crippen LogP contribution in [0.5, 0.6) is 5.75 Å². The van der Waals surface area contributed by atoms with Crippen LogP contribution in [0.1, 0.15) is 67.3 Å². The molecule has 0 aromatic heterocycles. The first kappa shape index (κ1) is 28.1. The van der Waals surface area contributed by atoms with E-state index in [0.717, 1.165) is 62.8 Å². The van der Waals surface area contributed by atoms with Gasteiger partial charge in [-0.1, -0.05) is 37.5 Å². The molecule has 0 radical (unpaired) electrons. The van der Waals surface area contributed by atoms with Crippen LogP contribution in [0.3, 0.4) is 0 Å². The normalized spacial score (nSPS) is 17.0. The summed E-state index contributed by atoms with van der Waals surface area (Å²) < 4.78 is 5.87. The summed E-state index contributed by atoms with van der Waals surface area (Å²) in [5.41, 5.74) is 2.96. The number of nitrogens with zero attached hydrogens (tertiary/aromatic N) is 3. The van der Waals surface area contributed by atoms with Crippen molar-refractivity contribution < 1.29 is 19.4 Å². The van der Waals surface area contributed by atoms with E-state index in [9.17, 15) is 14.7 Å². The van der Waals surface area contributed by atoms with E-state index >= 15 is 0 Å². The molecular formula is C31H43N3O4. The number of amides is 2. The molecule has 7 nitrogen and oxygen atoms in total. The molecule has 1 fully saturated rings. The largest absolute Gasteiger partial charge is 0.494 e. The Kier molecular flexibility index (Phi) is 10.2. The monoisotopic (exact) mass is 521 g/mol. The summed E-state index contributed by atoms with van der Waals surface area (Å²) in [4.78, 5) is 31.8. The summed E-state index contributed by atoms with van der Waals surface area (Å²) in [6.45, 7) is 2.67. The lowest BCUT2D eigenvalue weighted by atomic mass is 9.95. The van der Waals surface area contributed by atoms with Gasteiger partial charge in [0.15, 0.2) is 0 Å². The highest BCUT2D eigenvalue weighted by Gasteiger charge is 2.33. The maximum atomic E-state index is 13.1. The molecule has 38 heavy (non-hydrogen) atoms. The Balaban J connectivity index is 1.17. The number of aliphatic hydroxyl groups excluding tert-OH is 1. The molecule has 0 aliphatic carbocycles. The molecule has 7 heteroatoms. The van der Waals surface area contributed by atoms with E-state index in [2.05, 4.69) is 6.07 Å². The van der Waals surface area contributed by atoms with Crippen LogP contribution >= 0.6 is 0 Å². The SMILES string of the molecule is CN(C)CC(O)CCCCCCOc1ccc(C(=O)N2CCC(N3C(=O)CCc4ccccc43)CC2)cc1. The summed E-state index contributed by atoms with van der Waals surface area (Å²) in [5, 5.41) is 9.92. The van der Waals surface area contributed by atoms with E-state index in [1.165, 1.54) is 5.56 Å². The maximum absolute atomic E-state index is 13.1. The van der Waals surface area contributed by atoms with E-state index in [4.69, 9.17) is 4.74 Å². The number of likely N-dealkylation sites (N-methyl/N-ethyl adjacent to an activating group) is 1. The number of hydrogen-bond donors (Lipinski definition) is 1. The highest BCUT2D eigenvalue weighted by atomic mass is 16.5. The second-order valence-corrected chi connectivity index (χ2v) is 10.9. The van der Waals surface area contributed by atoms with Crippen molar-refractivity contribution in [3.8, 4) is 5.75 Å². The summed E-state index contributed by atoms with van der Waals surface area (Å²) in [5.74, 6) is 1.02. The number of carbonyl (C=O) groups is 2. The lowest BCUT2D eigenvalue weighted by Crippen LogP contribution is -2.50. The van der Waals surface area contributed by atoms with Gasteiger partial charge in [0.1, 0.15) is 5.75 Å². The Morgan fingerprint density at radius 3 is 2.45 bits per heavy atom. The number of aliphatic hydroxyl groups is 1. The number of aryl methyl sites for hydroxylation is 1. The number of benzene rings is 2. The molecule has 0 bridgehead atoms. The average Bonchev–Trinajstić information content (AvgIpc) is 2.92.